The van der Waals surface area contributed by atoms with Crippen LogP contribution in [0.4, 0.5) is 0 Å². The third-order valence-corrected chi connectivity index (χ3v) is 4.59. The summed E-state index contributed by atoms with van der Waals surface area (Å²) in [5.41, 5.74) is 0.789. The molecule has 1 atom stereocenters. The molecule has 1 aromatic rings. The number of hydrogen-bond donors (Lipinski definition) is 0. The van der Waals surface area contributed by atoms with Crippen LogP contribution in [0.2, 0.25) is 0 Å². The van der Waals surface area contributed by atoms with Crippen LogP contribution in [0.25, 0.3) is 0 Å². The summed E-state index contributed by atoms with van der Waals surface area (Å²) < 4.78 is 10.8. The number of benzene rings is 1. The van der Waals surface area contributed by atoms with Gasteiger partial charge in [0.25, 0.3) is 0 Å². The molecule has 0 aliphatic carbocycles. The molecule has 0 heterocycles. The zero-order chi connectivity index (χ0) is 19.9. The second kappa shape index (κ2) is 14.2. The van der Waals surface area contributed by atoms with Crippen molar-refractivity contribution in [1.82, 2.24) is 0 Å². The maximum Gasteiger partial charge on any atom is 0.338 e. The van der Waals surface area contributed by atoms with Crippen molar-refractivity contribution in [3.63, 3.8) is 0 Å². The van der Waals surface area contributed by atoms with Crippen LogP contribution in [0, 0.1) is 0 Å². The number of carbonyl (C=O) groups excluding carboxylic acids is 2. The minimum atomic E-state index is -0.389. The molecule has 1 unspecified atom stereocenters. The minimum absolute atomic E-state index is 0.120. The van der Waals surface area contributed by atoms with Gasteiger partial charge in [-0.2, -0.15) is 0 Å². The summed E-state index contributed by atoms with van der Waals surface area (Å²) in [4.78, 5) is 24.4. The molecule has 0 radical (unpaired) electrons. The molecule has 0 N–H and O–H groups in total. The smallest absolute Gasteiger partial charge is 0.338 e. The first-order chi connectivity index (χ1) is 13.1. The van der Waals surface area contributed by atoms with Gasteiger partial charge in [0.15, 0.2) is 0 Å². The highest BCUT2D eigenvalue weighted by Gasteiger charge is 2.15. The molecular weight excluding hydrogens is 340 g/mol. The van der Waals surface area contributed by atoms with Gasteiger partial charge in [-0.25, -0.2) is 9.59 Å². The normalized spacial score (nSPS) is 11.8. The van der Waals surface area contributed by atoms with E-state index in [4.69, 9.17) is 9.47 Å². The molecule has 0 spiro atoms. The summed E-state index contributed by atoms with van der Waals surface area (Å²) in [5.74, 6) is -0.769. The Hall–Kier alpha value is -1.84. The van der Waals surface area contributed by atoms with Crippen LogP contribution in [-0.2, 0) is 9.47 Å². The second-order valence-corrected chi connectivity index (χ2v) is 7.20. The van der Waals surface area contributed by atoms with Crippen molar-refractivity contribution in [1.29, 1.82) is 0 Å². The van der Waals surface area contributed by atoms with Crippen molar-refractivity contribution < 1.29 is 19.1 Å². The quantitative estimate of drug-likeness (QED) is 0.281. The van der Waals surface area contributed by atoms with Gasteiger partial charge >= 0.3 is 11.9 Å². The van der Waals surface area contributed by atoms with Gasteiger partial charge in [-0.05, 0) is 38.0 Å². The highest BCUT2D eigenvalue weighted by Crippen LogP contribution is 2.12. The fourth-order valence-corrected chi connectivity index (χ4v) is 2.88. The summed E-state index contributed by atoms with van der Waals surface area (Å²) in [5, 5.41) is 0. The van der Waals surface area contributed by atoms with Crippen LogP contribution in [-0.4, -0.2) is 24.6 Å². The van der Waals surface area contributed by atoms with E-state index in [1.807, 2.05) is 6.92 Å². The van der Waals surface area contributed by atoms with Crippen LogP contribution in [0.3, 0.4) is 0 Å². The van der Waals surface area contributed by atoms with Crippen molar-refractivity contribution in [2.75, 3.05) is 6.61 Å². The summed E-state index contributed by atoms with van der Waals surface area (Å²) >= 11 is 0. The molecule has 0 saturated heterocycles. The van der Waals surface area contributed by atoms with Crippen molar-refractivity contribution >= 4 is 11.9 Å². The van der Waals surface area contributed by atoms with Crippen molar-refractivity contribution in [3.8, 4) is 0 Å². The number of esters is 2. The zero-order valence-electron chi connectivity index (χ0n) is 17.3. The summed E-state index contributed by atoms with van der Waals surface area (Å²) in [7, 11) is 0. The lowest BCUT2D eigenvalue weighted by atomic mass is 10.1. The Balaban J connectivity index is 2.37. The number of unbranched alkanes of at least 4 members (excludes halogenated alkanes) is 7. The van der Waals surface area contributed by atoms with E-state index in [1.54, 1.807) is 24.3 Å². The van der Waals surface area contributed by atoms with Gasteiger partial charge in [0.2, 0.25) is 0 Å². The van der Waals surface area contributed by atoms with Crippen LogP contribution >= 0.6 is 0 Å². The molecule has 27 heavy (non-hydrogen) atoms. The summed E-state index contributed by atoms with van der Waals surface area (Å²) in [6.45, 7) is 6.64. The van der Waals surface area contributed by atoms with Gasteiger partial charge in [0, 0.05) is 0 Å². The average molecular weight is 377 g/mol. The molecule has 4 heteroatoms. The molecular formula is C23H36O4. The SMILES string of the molecule is CCCCCCCCCOC(=O)c1cccc(C(=O)OC(C)CCCC)c1. The highest BCUT2D eigenvalue weighted by molar-refractivity contribution is 5.95. The highest BCUT2D eigenvalue weighted by atomic mass is 16.5. The van der Waals surface area contributed by atoms with E-state index in [-0.39, 0.29) is 18.0 Å². The van der Waals surface area contributed by atoms with Crippen molar-refractivity contribution in [3.05, 3.63) is 35.4 Å². The maximum absolute atomic E-state index is 12.2. The Morgan fingerprint density at radius 2 is 1.44 bits per heavy atom. The average Bonchev–Trinajstić information content (AvgIpc) is 2.68. The van der Waals surface area contributed by atoms with Crippen LogP contribution in [0.1, 0.15) is 106 Å². The van der Waals surface area contributed by atoms with E-state index < -0.39 is 0 Å². The van der Waals surface area contributed by atoms with Gasteiger partial charge in [0.05, 0.1) is 23.8 Å². The van der Waals surface area contributed by atoms with Crippen LogP contribution in [0.5, 0.6) is 0 Å². The lowest BCUT2D eigenvalue weighted by Gasteiger charge is -2.13. The van der Waals surface area contributed by atoms with E-state index in [2.05, 4.69) is 13.8 Å². The van der Waals surface area contributed by atoms with E-state index in [0.29, 0.717) is 17.7 Å². The molecule has 0 aromatic heterocycles. The van der Waals surface area contributed by atoms with Crippen molar-refractivity contribution in [2.24, 2.45) is 0 Å². The Morgan fingerprint density at radius 1 is 0.852 bits per heavy atom. The largest absolute Gasteiger partial charge is 0.462 e. The molecule has 0 aliphatic rings. The first-order valence-corrected chi connectivity index (χ1v) is 10.6. The minimum Gasteiger partial charge on any atom is -0.462 e. The molecule has 1 rings (SSSR count). The Morgan fingerprint density at radius 3 is 2.11 bits per heavy atom. The molecule has 0 aliphatic heterocycles. The molecule has 152 valence electrons. The number of hydrogen-bond acceptors (Lipinski definition) is 4. The van der Waals surface area contributed by atoms with E-state index in [0.717, 1.165) is 32.1 Å². The van der Waals surface area contributed by atoms with Gasteiger partial charge in [0.1, 0.15) is 0 Å². The number of carbonyl (C=O) groups is 2. The number of ether oxygens (including phenoxy) is 2. The first kappa shape index (κ1) is 23.2. The van der Waals surface area contributed by atoms with E-state index in [9.17, 15) is 9.59 Å². The second-order valence-electron chi connectivity index (χ2n) is 7.20. The molecule has 0 saturated carbocycles. The number of rotatable bonds is 14. The summed E-state index contributed by atoms with van der Waals surface area (Å²) in [6, 6.07) is 6.59. The Bertz CT molecular complexity index is 553. The van der Waals surface area contributed by atoms with Gasteiger partial charge in [-0.1, -0.05) is 71.3 Å². The summed E-state index contributed by atoms with van der Waals surface area (Å²) in [6.07, 6.45) is 11.1. The lowest BCUT2D eigenvalue weighted by molar-refractivity contribution is 0.0320. The van der Waals surface area contributed by atoms with Crippen LogP contribution in [0.15, 0.2) is 24.3 Å². The predicted molar refractivity (Wildman–Crippen MR) is 109 cm³/mol. The van der Waals surface area contributed by atoms with Gasteiger partial charge in [-0.15, -0.1) is 0 Å². The van der Waals surface area contributed by atoms with E-state index in [1.165, 1.54) is 32.1 Å². The van der Waals surface area contributed by atoms with E-state index >= 15 is 0 Å². The molecule has 1 aromatic carbocycles. The Kier molecular flexibility index (Phi) is 12.2. The lowest BCUT2D eigenvalue weighted by Crippen LogP contribution is -2.15. The molecule has 0 amide bonds. The fourth-order valence-electron chi connectivity index (χ4n) is 2.88. The third-order valence-electron chi connectivity index (χ3n) is 4.59. The molecule has 4 nitrogen and oxygen atoms in total. The van der Waals surface area contributed by atoms with Crippen LogP contribution < -0.4 is 0 Å². The third kappa shape index (κ3) is 10.2. The standard InChI is InChI=1S/C23H36O4/c1-4-6-8-9-10-11-12-17-26-22(24)20-15-13-16-21(18-20)23(25)27-19(3)14-7-5-2/h13,15-16,18-19H,4-12,14,17H2,1-3H3. The monoisotopic (exact) mass is 376 g/mol. The van der Waals surface area contributed by atoms with Crippen molar-refractivity contribution in [2.45, 2.75) is 91.1 Å². The predicted octanol–water partition coefficient (Wildman–Crippen LogP) is 6.33. The first-order valence-electron chi connectivity index (χ1n) is 10.6. The zero-order valence-corrected chi connectivity index (χ0v) is 17.3. The molecule has 0 bridgehead atoms. The fraction of sp³-hybridized carbons (Fsp3) is 0.652. The maximum atomic E-state index is 12.2. The molecule has 0 fully saturated rings. The van der Waals surface area contributed by atoms with Gasteiger partial charge in [-0.3, -0.25) is 0 Å². The Labute approximate surface area is 164 Å². The topological polar surface area (TPSA) is 52.6 Å². The van der Waals surface area contributed by atoms with Gasteiger partial charge < -0.3 is 9.47 Å².